The van der Waals surface area contributed by atoms with Crippen molar-refractivity contribution in [3.05, 3.63) is 18.2 Å². The molecule has 1 aliphatic heterocycles. The van der Waals surface area contributed by atoms with Crippen molar-refractivity contribution in [3.8, 4) is 5.75 Å². The van der Waals surface area contributed by atoms with Gasteiger partial charge >= 0.3 is 0 Å². The number of benzene rings is 1. The van der Waals surface area contributed by atoms with Crippen molar-refractivity contribution >= 4 is 21.6 Å². The van der Waals surface area contributed by atoms with Crippen LogP contribution < -0.4 is 14.4 Å². The molecule has 2 aliphatic rings. The van der Waals surface area contributed by atoms with Crippen LogP contribution in [0.2, 0.25) is 0 Å². The van der Waals surface area contributed by atoms with Crippen molar-refractivity contribution in [3.63, 3.8) is 0 Å². The van der Waals surface area contributed by atoms with Gasteiger partial charge < -0.3 is 9.64 Å². The zero-order valence-electron chi connectivity index (χ0n) is 12.0. The van der Waals surface area contributed by atoms with Crippen LogP contribution >= 0.6 is 0 Å². The maximum absolute atomic E-state index is 12.4. The van der Waals surface area contributed by atoms with E-state index in [2.05, 4.69) is 4.72 Å². The minimum Gasteiger partial charge on any atom is -0.487 e. The van der Waals surface area contributed by atoms with Gasteiger partial charge in [-0.05, 0) is 45.0 Å². The van der Waals surface area contributed by atoms with E-state index in [0.717, 1.165) is 12.8 Å². The lowest BCUT2D eigenvalue weighted by Gasteiger charge is -2.33. The number of hydrogen-bond acceptors (Lipinski definition) is 4. The van der Waals surface area contributed by atoms with E-state index in [1.165, 1.54) is 19.2 Å². The number of anilines is 1. The molecule has 0 spiro atoms. The van der Waals surface area contributed by atoms with Crippen LogP contribution in [0.1, 0.15) is 19.8 Å². The molecule has 114 valence electrons. The Morgan fingerprint density at radius 3 is 2.71 bits per heavy atom. The van der Waals surface area contributed by atoms with Gasteiger partial charge in [-0.2, -0.15) is 0 Å². The first-order chi connectivity index (χ1) is 9.92. The Kier molecular flexibility index (Phi) is 3.41. The molecule has 1 atom stereocenters. The van der Waals surface area contributed by atoms with Gasteiger partial charge in [0.15, 0.2) is 0 Å². The van der Waals surface area contributed by atoms with Gasteiger partial charge in [-0.1, -0.05) is 0 Å². The van der Waals surface area contributed by atoms with Crippen LogP contribution in [0.15, 0.2) is 23.1 Å². The molecule has 0 bridgehead atoms. The first-order valence-electron chi connectivity index (χ1n) is 6.98. The van der Waals surface area contributed by atoms with E-state index in [-0.39, 0.29) is 22.8 Å². The second-order valence-electron chi connectivity index (χ2n) is 5.49. The highest BCUT2D eigenvalue weighted by atomic mass is 32.2. The van der Waals surface area contributed by atoms with Gasteiger partial charge in [0.2, 0.25) is 15.9 Å². The van der Waals surface area contributed by atoms with Crippen molar-refractivity contribution in [2.75, 3.05) is 18.5 Å². The first kappa shape index (κ1) is 14.3. The third-order valence-corrected chi connectivity index (χ3v) is 5.17. The number of sulfonamides is 1. The zero-order valence-corrected chi connectivity index (χ0v) is 12.8. The highest BCUT2D eigenvalue weighted by molar-refractivity contribution is 7.89. The number of rotatable bonds is 3. The number of nitrogens with one attached hydrogen (secondary N) is 1. The van der Waals surface area contributed by atoms with Crippen LogP contribution in [0.5, 0.6) is 5.75 Å². The second kappa shape index (κ2) is 4.99. The summed E-state index contributed by atoms with van der Waals surface area (Å²) in [6, 6.07) is 4.61. The van der Waals surface area contributed by atoms with E-state index in [0.29, 0.717) is 18.0 Å². The lowest BCUT2D eigenvalue weighted by molar-refractivity contribution is -0.120. The molecular formula is C14H18N2O4S. The number of ether oxygens (including phenoxy) is 1. The summed E-state index contributed by atoms with van der Waals surface area (Å²) in [5.74, 6) is 0.691. The Morgan fingerprint density at radius 2 is 2.10 bits per heavy atom. The smallest absolute Gasteiger partial charge is 0.240 e. The number of fused-ring (bicyclic) bond motifs is 1. The van der Waals surface area contributed by atoms with Gasteiger partial charge in [0.05, 0.1) is 17.1 Å². The van der Waals surface area contributed by atoms with Gasteiger partial charge in [0, 0.05) is 5.92 Å². The van der Waals surface area contributed by atoms with Crippen molar-refractivity contribution in [2.24, 2.45) is 5.92 Å². The number of nitrogens with zero attached hydrogens (tertiary/aromatic N) is 1. The molecule has 1 saturated carbocycles. The molecule has 6 nitrogen and oxygen atoms in total. The molecule has 0 radical (unpaired) electrons. The molecule has 1 aromatic rings. The van der Waals surface area contributed by atoms with Crippen LogP contribution in [0.3, 0.4) is 0 Å². The quantitative estimate of drug-likeness (QED) is 0.907. The number of carbonyl (C=O) groups excluding carboxylic acids is 1. The van der Waals surface area contributed by atoms with Gasteiger partial charge in [0.1, 0.15) is 11.9 Å². The molecule has 0 aromatic heterocycles. The fourth-order valence-electron chi connectivity index (χ4n) is 2.46. The molecule has 1 aromatic carbocycles. The van der Waals surface area contributed by atoms with Gasteiger partial charge in [-0.25, -0.2) is 13.1 Å². The van der Waals surface area contributed by atoms with Crippen LogP contribution in [-0.2, 0) is 14.8 Å². The van der Waals surface area contributed by atoms with Gasteiger partial charge in [-0.3, -0.25) is 4.79 Å². The highest BCUT2D eigenvalue weighted by Crippen LogP contribution is 2.39. The Hall–Kier alpha value is -1.60. The summed E-state index contributed by atoms with van der Waals surface area (Å²) in [5.41, 5.74) is 0.543. The van der Waals surface area contributed by atoms with Crippen LogP contribution in [0.25, 0.3) is 0 Å². The third kappa shape index (κ3) is 2.63. The second-order valence-corrected chi connectivity index (χ2v) is 7.38. The molecule has 7 heteroatoms. The largest absolute Gasteiger partial charge is 0.487 e. The predicted octanol–water partition coefficient (Wildman–Crippen LogP) is 1.12. The van der Waals surface area contributed by atoms with Crippen LogP contribution in [-0.4, -0.2) is 34.0 Å². The van der Waals surface area contributed by atoms with Gasteiger partial charge in [-0.15, -0.1) is 0 Å². The summed E-state index contributed by atoms with van der Waals surface area (Å²) in [6.45, 7) is 2.35. The van der Waals surface area contributed by atoms with E-state index >= 15 is 0 Å². The Balaban J connectivity index is 2.04. The van der Waals surface area contributed by atoms with E-state index in [1.54, 1.807) is 11.0 Å². The summed E-state index contributed by atoms with van der Waals surface area (Å²) in [6.07, 6.45) is 1.72. The Bertz CT molecular complexity index is 682. The highest BCUT2D eigenvalue weighted by Gasteiger charge is 2.37. The lowest BCUT2D eigenvalue weighted by Crippen LogP contribution is -2.43. The topological polar surface area (TPSA) is 75.7 Å². The monoisotopic (exact) mass is 310 g/mol. The lowest BCUT2D eigenvalue weighted by atomic mass is 10.1. The Labute approximate surface area is 124 Å². The summed E-state index contributed by atoms with van der Waals surface area (Å²) in [4.78, 5) is 14.2. The molecule has 1 N–H and O–H groups in total. The molecule has 1 fully saturated rings. The summed E-state index contributed by atoms with van der Waals surface area (Å²) in [7, 11) is -2.18. The summed E-state index contributed by atoms with van der Waals surface area (Å²) < 4.78 is 31.8. The summed E-state index contributed by atoms with van der Waals surface area (Å²) >= 11 is 0. The molecular weight excluding hydrogens is 292 g/mol. The predicted molar refractivity (Wildman–Crippen MR) is 77.9 cm³/mol. The Morgan fingerprint density at radius 1 is 1.38 bits per heavy atom. The first-order valence-corrected chi connectivity index (χ1v) is 8.46. The number of carbonyl (C=O) groups is 1. The van der Waals surface area contributed by atoms with Crippen LogP contribution in [0.4, 0.5) is 5.69 Å². The minimum atomic E-state index is -3.54. The van der Waals surface area contributed by atoms with Crippen molar-refractivity contribution in [1.82, 2.24) is 4.72 Å². The standard InChI is InChI=1S/C14H18N2O4S/c1-9-8-16(14(17)10-3-4-10)12-7-11(21(18,19)15-2)5-6-13(12)20-9/h5-7,9-10,15H,3-4,8H2,1-2H3. The molecule has 0 saturated heterocycles. The normalized spacial score (nSPS) is 21.6. The van der Waals surface area contributed by atoms with Crippen molar-refractivity contribution in [1.29, 1.82) is 0 Å². The maximum atomic E-state index is 12.4. The molecule has 3 rings (SSSR count). The number of hydrogen-bond donors (Lipinski definition) is 1. The van der Waals surface area contributed by atoms with E-state index in [1.807, 2.05) is 6.92 Å². The van der Waals surface area contributed by atoms with E-state index < -0.39 is 10.0 Å². The van der Waals surface area contributed by atoms with Gasteiger partial charge in [0.25, 0.3) is 0 Å². The zero-order chi connectivity index (χ0) is 15.2. The molecule has 1 amide bonds. The fourth-order valence-corrected chi connectivity index (χ4v) is 3.21. The van der Waals surface area contributed by atoms with E-state index in [4.69, 9.17) is 4.74 Å². The summed E-state index contributed by atoms with van der Waals surface area (Å²) in [5, 5.41) is 0. The molecule has 1 unspecified atom stereocenters. The fraction of sp³-hybridized carbons (Fsp3) is 0.500. The minimum absolute atomic E-state index is 0.0606. The van der Waals surface area contributed by atoms with E-state index in [9.17, 15) is 13.2 Å². The number of amides is 1. The van der Waals surface area contributed by atoms with Crippen molar-refractivity contribution < 1.29 is 17.9 Å². The van der Waals surface area contributed by atoms with Crippen LogP contribution in [0, 0.1) is 5.92 Å². The average Bonchev–Trinajstić information content (AvgIpc) is 3.29. The SMILES string of the molecule is CNS(=O)(=O)c1ccc2c(c1)N(C(=O)C1CC1)CC(C)O2. The molecule has 1 aliphatic carbocycles. The maximum Gasteiger partial charge on any atom is 0.240 e. The third-order valence-electron chi connectivity index (χ3n) is 3.76. The van der Waals surface area contributed by atoms with Crippen molar-refractivity contribution in [2.45, 2.75) is 30.8 Å². The molecule has 1 heterocycles. The molecule has 21 heavy (non-hydrogen) atoms. The average molecular weight is 310 g/mol.